The maximum atomic E-state index is 12.2. The van der Waals surface area contributed by atoms with Gasteiger partial charge in [-0.2, -0.15) is 0 Å². The van der Waals surface area contributed by atoms with Crippen LogP contribution in [0.3, 0.4) is 0 Å². The molecule has 0 radical (unpaired) electrons. The van der Waals surface area contributed by atoms with Crippen molar-refractivity contribution in [3.8, 4) is 0 Å². The highest BCUT2D eigenvalue weighted by atomic mass is 35.5. The molecule has 0 unspecified atom stereocenters. The molecule has 1 aliphatic heterocycles. The second-order valence-corrected chi connectivity index (χ2v) is 5.24. The predicted octanol–water partition coefficient (Wildman–Crippen LogP) is 2.49. The molecule has 0 aromatic heterocycles. The molecule has 106 valence electrons. The van der Waals surface area contributed by atoms with Crippen LogP contribution in [0.25, 0.3) is 0 Å². The van der Waals surface area contributed by atoms with Gasteiger partial charge in [-0.15, -0.1) is 0 Å². The lowest BCUT2D eigenvalue weighted by Crippen LogP contribution is -2.39. The summed E-state index contributed by atoms with van der Waals surface area (Å²) < 4.78 is 0. The van der Waals surface area contributed by atoms with Gasteiger partial charge in [-0.05, 0) is 37.6 Å². The van der Waals surface area contributed by atoms with Crippen molar-refractivity contribution in [3.63, 3.8) is 0 Å². The number of amides is 2. The van der Waals surface area contributed by atoms with E-state index in [1.165, 1.54) is 0 Å². The van der Waals surface area contributed by atoms with Gasteiger partial charge < -0.3 is 4.90 Å². The molecule has 1 heterocycles. The second-order valence-electron chi connectivity index (χ2n) is 4.83. The van der Waals surface area contributed by atoms with Gasteiger partial charge in [0, 0.05) is 18.0 Å². The van der Waals surface area contributed by atoms with Crippen LogP contribution >= 0.6 is 11.6 Å². The Morgan fingerprint density at radius 3 is 2.85 bits per heavy atom. The Bertz CT molecular complexity index is 530. The summed E-state index contributed by atoms with van der Waals surface area (Å²) >= 11 is 6.07. The van der Waals surface area contributed by atoms with Crippen LogP contribution in [0.15, 0.2) is 29.3 Å². The number of hydrogen-bond acceptors (Lipinski definition) is 2. The summed E-state index contributed by atoms with van der Waals surface area (Å²) in [5.41, 5.74) is 0.950. The highest BCUT2D eigenvalue weighted by Gasteiger charge is 2.33. The van der Waals surface area contributed by atoms with Gasteiger partial charge in [-0.25, -0.2) is 4.99 Å². The van der Waals surface area contributed by atoms with Crippen molar-refractivity contribution in [2.45, 2.75) is 31.7 Å². The first-order valence-electron chi connectivity index (χ1n) is 6.67. The molecule has 2 rings (SSSR count). The van der Waals surface area contributed by atoms with Gasteiger partial charge in [0.05, 0.1) is 0 Å². The molecule has 0 spiro atoms. The van der Waals surface area contributed by atoms with Gasteiger partial charge >= 0.3 is 0 Å². The number of nitrogens with zero attached hydrogens (tertiary/aromatic N) is 2. The lowest BCUT2D eigenvalue weighted by Gasteiger charge is -2.22. The highest BCUT2D eigenvalue weighted by molar-refractivity contribution is 6.31. The summed E-state index contributed by atoms with van der Waals surface area (Å²) in [4.78, 5) is 28.9. The number of carbonyl (C=O) groups excluding carboxylic acids is 2. The number of rotatable bonds is 4. The second kappa shape index (κ2) is 6.66. The monoisotopic (exact) mass is 292 g/mol. The zero-order valence-corrected chi connectivity index (χ0v) is 12.0. The fourth-order valence-electron chi connectivity index (χ4n) is 2.51. The molecule has 4 nitrogen and oxygen atoms in total. The molecule has 5 heteroatoms. The minimum atomic E-state index is -0.425. The molecule has 2 amide bonds. The van der Waals surface area contributed by atoms with E-state index >= 15 is 0 Å². The summed E-state index contributed by atoms with van der Waals surface area (Å²) in [6.45, 7) is 3.87. The minimum Gasteiger partial charge on any atom is -0.331 e. The zero-order valence-electron chi connectivity index (χ0n) is 11.2. The Hall–Kier alpha value is -1.68. The van der Waals surface area contributed by atoms with Crippen molar-refractivity contribution in [3.05, 3.63) is 34.9 Å². The van der Waals surface area contributed by atoms with Crippen molar-refractivity contribution in [2.24, 2.45) is 4.99 Å². The van der Waals surface area contributed by atoms with Crippen LogP contribution in [0.4, 0.5) is 0 Å². The molecule has 1 saturated heterocycles. The van der Waals surface area contributed by atoms with E-state index in [2.05, 4.69) is 11.7 Å². The number of aryl methyl sites for hydroxylation is 1. The molecule has 0 aliphatic carbocycles. The van der Waals surface area contributed by atoms with Gasteiger partial charge in [-0.3, -0.25) is 9.59 Å². The average Bonchev–Trinajstić information content (AvgIpc) is 2.94. The Labute approximate surface area is 123 Å². The van der Waals surface area contributed by atoms with Crippen LogP contribution in [0, 0.1) is 0 Å². The van der Waals surface area contributed by atoms with E-state index in [1.807, 2.05) is 24.3 Å². The van der Waals surface area contributed by atoms with Gasteiger partial charge in [0.1, 0.15) is 6.04 Å². The van der Waals surface area contributed by atoms with E-state index in [0.29, 0.717) is 30.8 Å². The van der Waals surface area contributed by atoms with Gasteiger partial charge in [0.2, 0.25) is 5.91 Å². The van der Waals surface area contributed by atoms with E-state index in [-0.39, 0.29) is 11.8 Å². The summed E-state index contributed by atoms with van der Waals surface area (Å²) in [6, 6.07) is 7.05. The van der Waals surface area contributed by atoms with Crippen molar-refractivity contribution in [2.75, 3.05) is 6.54 Å². The predicted molar refractivity (Wildman–Crippen MR) is 79.1 cm³/mol. The Kier molecular flexibility index (Phi) is 4.90. The number of carbonyl (C=O) groups is 2. The van der Waals surface area contributed by atoms with Gasteiger partial charge in [0.25, 0.3) is 5.91 Å². The fourth-order valence-corrected chi connectivity index (χ4v) is 2.74. The van der Waals surface area contributed by atoms with Crippen LogP contribution in [-0.4, -0.2) is 36.0 Å². The summed E-state index contributed by atoms with van der Waals surface area (Å²) in [5.74, 6) is -0.335. The van der Waals surface area contributed by atoms with E-state index in [9.17, 15) is 9.59 Å². The van der Waals surface area contributed by atoms with E-state index in [0.717, 1.165) is 12.0 Å². The van der Waals surface area contributed by atoms with Gasteiger partial charge in [-0.1, -0.05) is 29.8 Å². The standard InChI is InChI=1S/C15H17ClN2O2/c1-17-15(20)13-7-4-10-18(13)14(19)9-8-11-5-2-3-6-12(11)16/h2-3,5-6,13H,1,4,7-10H2/t13-/m0/s1. The van der Waals surface area contributed by atoms with E-state index in [4.69, 9.17) is 11.6 Å². The Morgan fingerprint density at radius 2 is 2.15 bits per heavy atom. The summed E-state index contributed by atoms with van der Waals surface area (Å²) in [6.07, 6.45) is 2.45. The molecule has 20 heavy (non-hydrogen) atoms. The maximum absolute atomic E-state index is 12.2. The molecule has 1 aliphatic rings. The van der Waals surface area contributed by atoms with Crippen LogP contribution in [0.2, 0.25) is 5.02 Å². The number of halogens is 1. The quantitative estimate of drug-likeness (QED) is 0.801. The smallest absolute Gasteiger partial charge is 0.267 e. The molecule has 1 aromatic carbocycles. The first-order chi connectivity index (χ1) is 9.63. The topological polar surface area (TPSA) is 49.7 Å². The fraction of sp³-hybridized carbons (Fsp3) is 0.400. The molecule has 0 bridgehead atoms. The van der Waals surface area contributed by atoms with Crippen LogP contribution in [0.5, 0.6) is 0 Å². The molecule has 0 N–H and O–H groups in total. The lowest BCUT2D eigenvalue weighted by atomic mass is 10.1. The molecule has 1 aromatic rings. The third-order valence-electron chi connectivity index (χ3n) is 3.58. The van der Waals surface area contributed by atoms with E-state index < -0.39 is 6.04 Å². The van der Waals surface area contributed by atoms with Crippen molar-refractivity contribution in [1.82, 2.24) is 4.90 Å². The SMILES string of the molecule is C=NC(=O)[C@@H]1CCCN1C(=O)CCc1ccccc1Cl. The van der Waals surface area contributed by atoms with Crippen LogP contribution in [-0.2, 0) is 16.0 Å². The van der Waals surface area contributed by atoms with E-state index in [1.54, 1.807) is 4.90 Å². The van der Waals surface area contributed by atoms with Crippen molar-refractivity contribution >= 4 is 30.1 Å². The van der Waals surface area contributed by atoms with Crippen molar-refractivity contribution in [1.29, 1.82) is 0 Å². The third-order valence-corrected chi connectivity index (χ3v) is 3.95. The molecule has 1 atom stereocenters. The van der Waals surface area contributed by atoms with Crippen LogP contribution < -0.4 is 0 Å². The minimum absolute atomic E-state index is 0.0237. The zero-order chi connectivity index (χ0) is 14.5. The highest BCUT2D eigenvalue weighted by Crippen LogP contribution is 2.21. The summed E-state index contributed by atoms with van der Waals surface area (Å²) in [7, 11) is 0. The maximum Gasteiger partial charge on any atom is 0.267 e. The first-order valence-corrected chi connectivity index (χ1v) is 7.04. The summed E-state index contributed by atoms with van der Waals surface area (Å²) in [5, 5.41) is 0.669. The largest absolute Gasteiger partial charge is 0.331 e. The molecule has 1 fully saturated rings. The first kappa shape index (κ1) is 14.7. The molecule has 0 saturated carbocycles. The molecular formula is C15H17ClN2O2. The lowest BCUT2D eigenvalue weighted by molar-refractivity contribution is -0.137. The normalized spacial score (nSPS) is 18.1. The average molecular weight is 293 g/mol. The Morgan fingerprint density at radius 1 is 1.40 bits per heavy atom. The Balaban J connectivity index is 1.96. The van der Waals surface area contributed by atoms with Gasteiger partial charge in [0.15, 0.2) is 0 Å². The number of aliphatic imine (C=N–C) groups is 1. The van der Waals surface area contributed by atoms with Crippen LogP contribution in [0.1, 0.15) is 24.8 Å². The number of hydrogen-bond donors (Lipinski definition) is 0. The number of likely N-dealkylation sites (tertiary alicyclic amines) is 1. The van der Waals surface area contributed by atoms with Crippen molar-refractivity contribution < 1.29 is 9.59 Å². The molecular weight excluding hydrogens is 276 g/mol. The number of benzene rings is 1. The third kappa shape index (κ3) is 3.25.